The van der Waals surface area contributed by atoms with Crippen molar-refractivity contribution in [2.75, 3.05) is 6.54 Å². The summed E-state index contributed by atoms with van der Waals surface area (Å²) in [7, 11) is 2.03. The first-order valence-corrected chi connectivity index (χ1v) is 6.75. The summed E-state index contributed by atoms with van der Waals surface area (Å²) in [5.74, 6) is 1.13. The molecule has 2 aromatic rings. The van der Waals surface area contributed by atoms with Gasteiger partial charge in [0, 0.05) is 42.5 Å². The van der Waals surface area contributed by atoms with Gasteiger partial charge >= 0.3 is 0 Å². The number of hydrogen-bond donors (Lipinski definition) is 1. The maximum atomic E-state index is 4.29. The van der Waals surface area contributed by atoms with Crippen LogP contribution in [-0.2, 0) is 20.0 Å². The Bertz CT molecular complexity index is 462. The van der Waals surface area contributed by atoms with Crippen LogP contribution in [0.15, 0.2) is 36.7 Å². The van der Waals surface area contributed by atoms with E-state index in [1.54, 1.807) is 0 Å². The Morgan fingerprint density at radius 2 is 2.06 bits per heavy atom. The number of nitrogens with one attached hydrogen (secondary N) is 1. The van der Waals surface area contributed by atoms with Crippen molar-refractivity contribution in [2.45, 2.75) is 13.0 Å². The van der Waals surface area contributed by atoms with Crippen LogP contribution in [0.5, 0.6) is 0 Å². The highest BCUT2D eigenvalue weighted by atomic mass is 127. The zero-order chi connectivity index (χ0) is 12.1. The van der Waals surface area contributed by atoms with E-state index in [2.05, 4.69) is 61.7 Å². The number of aryl methyl sites for hydroxylation is 1. The average molecular weight is 341 g/mol. The van der Waals surface area contributed by atoms with Gasteiger partial charge < -0.3 is 9.88 Å². The van der Waals surface area contributed by atoms with Crippen molar-refractivity contribution in [2.24, 2.45) is 7.05 Å². The van der Waals surface area contributed by atoms with E-state index < -0.39 is 0 Å². The van der Waals surface area contributed by atoms with Crippen molar-refractivity contribution < 1.29 is 0 Å². The number of hydrogen-bond acceptors (Lipinski definition) is 2. The topological polar surface area (TPSA) is 29.9 Å². The zero-order valence-electron chi connectivity index (χ0n) is 9.86. The van der Waals surface area contributed by atoms with Crippen LogP contribution >= 0.6 is 22.6 Å². The van der Waals surface area contributed by atoms with Gasteiger partial charge in [-0.2, -0.15) is 0 Å². The molecule has 1 N–H and O–H groups in total. The molecule has 3 nitrogen and oxygen atoms in total. The van der Waals surface area contributed by atoms with Gasteiger partial charge in [0.05, 0.1) is 0 Å². The second-order valence-electron chi connectivity index (χ2n) is 4.01. The standard InChI is InChI=1S/C13H16IN3/c1-17-9-8-16-13(17)6-7-15-10-11-2-4-12(14)5-3-11/h2-5,8-9,15H,6-7,10H2,1H3. The van der Waals surface area contributed by atoms with Gasteiger partial charge in [-0.25, -0.2) is 4.98 Å². The highest BCUT2D eigenvalue weighted by Gasteiger charge is 1.98. The smallest absolute Gasteiger partial charge is 0.109 e. The summed E-state index contributed by atoms with van der Waals surface area (Å²) in [4.78, 5) is 4.29. The van der Waals surface area contributed by atoms with Crippen LogP contribution in [0.1, 0.15) is 11.4 Å². The minimum Gasteiger partial charge on any atom is -0.338 e. The molecular weight excluding hydrogens is 325 g/mol. The number of imidazole rings is 1. The predicted molar refractivity (Wildman–Crippen MR) is 77.8 cm³/mol. The van der Waals surface area contributed by atoms with Crippen LogP contribution in [0.4, 0.5) is 0 Å². The molecule has 0 atom stereocenters. The molecule has 0 aliphatic heterocycles. The van der Waals surface area contributed by atoms with Crippen LogP contribution in [0.3, 0.4) is 0 Å². The van der Waals surface area contributed by atoms with Gasteiger partial charge in [-0.1, -0.05) is 12.1 Å². The first-order chi connectivity index (χ1) is 8.25. The molecule has 1 aromatic carbocycles. The van der Waals surface area contributed by atoms with Crippen LogP contribution in [0, 0.1) is 3.57 Å². The fraction of sp³-hybridized carbons (Fsp3) is 0.308. The molecule has 17 heavy (non-hydrogen) atoms. The number of nitrogens with zero attached hydrogens (tertiary/aromatic N) is 2. The molecule has 1 aromatic heterocycles. The molecule has 4 heteroatoms. The summed E-state index contributed by atoms with van der Waals surface area (Å²) in [6.45, 7) is 1.87. The van der Waals surface area contributed by atoms with Crippen molar-refractivity contribution in [1.82, 2.24) is 14.9 Å². The molecule has 1 heterocycles. The second kappa shape index (κ2) is 6.16. The molecule has 0 saturated heterocycles. The first kappa shape index (κ1) is 12.6. The normalized spacial score (nSPS) is 10.7. The molecule has 0 saturated carbocycles. The van der Waals surface area contributed by atoms with E-state index in [0.717, 1.165) is 25.3 Å². The molecule has 90 valence electrons. The minimum absolute atomic E-state index is 0.918. The van der Waals surface area contributed by atoms with Gasteiger partial charge in [-0.3, -0.25) is 0 Å². The Morgan fingerprint density at radius 1 is 1.29 bits per heavy atom. The second-order valence-corrected chi connectivity index (χ2v) is 5.25. The van der Waals surface area contributed by atoms with Crippen molar-refractivity contribution in [3.63, 3.8) is 0 Å². The van der Waals surface area contributed by atoms with Gasteiger partial charge in [0.25, 0.3) is 0 Å². The van der Waals surface area contributed by atoms with Crippen LogP contribution in [-0.4, -0.2) is 16.1 Å². The fourth-order valence-corrected chi connectivity index (χ4v) is 2.03. The summed E-state index contributed by atoms with van der Waals surface area (Å²) in [6.07, 6.45) is 4.79. The Hall–Kier alpha value is -0.880. The van der Waals surface area contributed by atoms with E-state index >= 15 is 0 Å². The lowest BCUT2D eigenvalue weighted by Crippen LogP contribution is -2.18. The summed E-state index contributed by atoms with van der Waals surface area (Å²) < 4.78 is 3.34. The zero-order valence-corrected chi connectivity index (χ0v) is 12.0. The third-order valence-corrected chi connectivity index (χ3v) is 3.41. The summed E-state index contributed by atoms with van der Waals surface area (Å²) in [5.41, 5.74) is 1.32. The molecule has 0 radical (unpaired) electrons. The molecule has 2 rings (SSSR count). The van der Waals surface area contributed by atoms with Gasteiger partial charge in [0.15, 0.2) is 0 Å². The van der Waals surface area contributed by atoms with Crippen molar-refractivity contribution in [3.05, 3.63) is 51.6 Å². The molecule has 0 unspecified atom stereocenters. The maximum Gasteiger partial charge on any atom is 0.109 e. The van der Waals surface area contributed by atoms with E-state index in [-0.39, 0.29) is 0 Å². The Balaban J connectivity index is 1.73. The van der Waals surface area contributed by atoms with E-state index in [1.165, 1.54) is 9.13 Å². The average Bonchev–Trinajstić information content (AvgIpc) is 2.73. The molecule has 0 bridgehead atoms. The Labute approximate surface area is 115 Å². The summed E-state index contributed by atoms with van der Waals surface area (Å²) in [6, 6.07) is 8.59. The molecule has 0 amide bonds. The quantitative estimate of drug-likeness (QED) is 0.668. The Morgan fingerprint density at radius 3 is 2.71 bits per heavy atom. The van der Waals surface area contributed by atoms with Crippen LogP contribution in [0.2, 0.25) is 0 Å². The number of rotatable bonds is 5. The van der Waals surface area contributed by atoms with Crippen molar-refractivity contribution >= 4 is 22.6 Å². The monoisotopic (exact) mass is 341 g/mol. The number of aromatic nitrogens is 2. The summed E-state index contributed by atoms with van der Waals surface area (Å²) >= 11 is 2.32. The maximum absolute atomic E-state index is 4.29. The SMILES string of the molecule is Cn1ccnc1CCNCc1ccc(I)cc1. The first-order valence-electron chi connectivity index (χ1n) is 5.67. The predicted octanol–water partition coefficient (Wildman–Crippen LogP) is 2.36. The third kappa shape index (κ3) is 3.81. The number of halogens is 1. The van der Waals surface area contributed by atoms with Crippen LogP contribution < -0.4 is 5.32 Å². The van der Waals surface area contributed by atoms with Gasteiger partial charge in [-0.15, -0.1) is 0 Å². The van der Waals surface area contributed by atoms with Crippen molar-refractivity contribution in [3.8, 4) is 0 Å². The molecule has 0 fully saturated rings. The minimum atomic E-state index is 0.918. The van der Waals surface area contributed by atoms with Crippen LogP contribution in [0.25, 0.3) is 0 Å². The summed E-state index contributed by atoms with van der Waals surface area (Å²) in [5, 5.41) is 3.43. The highest BCUT2D eigenvalue weighted by molar-refractivity contribution is 14.1. The highest BCUT2D eigenvalue weighted by Crippen LogP contribution is 2.06. The molecule has 0 spiro atoms. The largest absolute Gasteiger partial charge is 0.338 e. The lowest BCUT2D eigenvalue weighted by atomic mass is 10.2. The van der Waals surface area contributed by atoms with Gasteiger partial charge in [-0.05, 0) is 40.3 Å². The number of benzene rings is 1. The molecule has 0 aliphatic rings. The molecular formula is C13H16IN3. The van der Waals surface area contributed by atoms with E-state index in [4.69, 9.17) is 0 Å². The Kier molecular flexibility index (Phi) is 4.56. The lowest BCUT2D eigenvalue weighted by molar-refractivity contribution is 0.655. The van der Waals surface area contributed by atoms with E-state index in [9.17, 15) is 0 Å². The van der Waals surface area contributed by atoms with Crippen molar-refractivity contribution in [1.29, 1.82) is 0 Å². The third-order valence-electron chi connectivity index (χ3n) is 2.69. The van der Waals surface area contributed by atoms with Gasteiger partial charge in [0.1, 0.15) is 5.82 Å². The lowest BCUT2D eigenvalue weighted by Gasteiger charge is -2.05. The van der Waals surface area contributed by atoms with Gasteiger partial charge in [0.2, 0.25) is 0 Å². The van der Waals surface area contributed by atoms with E-state index in [0.29, 0.717) is 0 Å². The molecule has 0 aliphatic carbocycles. The van der Waals surface area contributed by atoms with E-state index in [1.807, 2.05) is 19.4 Å². The fourth-order valence-electron chi connectivity index (χ4n) is 1.67.